The molecule has 9 heteroatoms. The van der Waals surface area contributed by atoms with E-state index in [1.54, 1.807) is 30.3 Å². The number of fused-ring (bicyclic) bond motifs is 1. The van der Waals surface area contributed by atoms with Gasteiger partial charge in [-0.15, -0.1) is 0 Å². The number of sulfonamides is 1. The lowest BCUT2D eigenvalue weighted by Crippen LogP contribution is -2.32. The van der Waals surface area contributed by atoms with E-state index < -0.39 is 27.8 Å². The van der Waals surface area contributed by atoms with Gasteiger partial charge in [0.2, 0.25) is 0 Å². The number of hydroxylamine groups is 2. The topological polar surface area (TPSA) is 110 Å². The predicted molar refractivity (Wildman–Crippen MR) is 111 cm³/mol. The summed E-state index contributed by atoms with van der Waals surface area (Å²) in [7, 11) is -3.98. The standard InChI is InChI=1S/C22H16N2O6S/c1-14-6-4-8-16(12-14)23-31(28,29)17-9-5-7-15(13-17)22(27)30-24-20(25)18-10-2-3-11-19(18)21(24)26/h2-13,23H,1H3. The van der Waals surface area contributed by atoms with Crippen LogP contribution >= 0.6 is 0 Å². The number of rotatable bonds is 5. The summed E-state index contributed by atoms with van der Waals surface area (Å²) in [5.41, 5.74) is 1.36. The number of hydrogen-bond acceptors (Lipinski definition) is 6. The maximum absolute atomic E-state index is 12.7. The number of nitrogens with one attached hydrogen (secondary N) is 1. The van der Waals surface area contributed by atoms with E-state index in [9.17, 15) is 22.8 Å². The van der Waals surface area contributed by atoms with Crippen LogP contribution in [0, 0.1) is 6.92 Å². The van der Waals surface area contributed by atoms with Gasteiger partial charge in [0.25, 0.3) is 21.8 Å². The number of nitrogens with zero attached hydrogens (tertiary/aromatic N) is 1. The molecule has 3 aromatic carbocycles. The van der Waals surface area contributed by atoms with Gasteiger partial charge in [-0.2, -0.15) is 0 Å². The number of carbonyl (C=O) groups excluding carboxylic acids is 3. The van der Waals surface area contributed by atoms with Gasteiger partial charge in [-0.05, 0) is 55.0 Å². The summed E-state index contributed by atoms with van der Waals surface area (Å²) >= 11 is 0. The number of imide groups is 1. The molecule has 0 bridgehead atoms. The lowest BCUT2D eigenvalue weighted by Gasteiger charge is -2.13. The fourth-order valence-corrected chi connectivity index (χ4v) is 4.19. The van der Waals surface area contributed by atoms with Gasteiger partial charge >= 0.3 is 5.97 Å². The van der Waals surface area contributed by atoms with Crippen LogP contribution in [0.4, 0.5) is 5.69 Å². The Balaban J connectivity index is 1.55. The van der Waals surface area contributed by atoms with Crippen LogP contribution in [-0.2, 0) is 14.9 Å². The Morgan fingerprint density at radius 3 is 2.16 bits per heavy atom. The van der Waals surface area contributed by atoms with E-state index in [0.29, 0.717) is 10.8 Å². The van der Waals surface area contributed by atoms with Crippen molar-refractivity contribution < 1.29 is 27.6 Å². The Kier molecular flexibility index (Phi) is 5.04. The van der Waals surface area contributed by atoms with Gasteiger partial charge in [0.05, 0.1) is 21.6 Å². The van der Waals surface area contributed by atoms with Crippen molar-refractivity contribution in [2.45, 2.75) is 11.8 Å². The van der Waals surface area contributed by atoms with E-state index >= 15 is 0 Å². The molecule has 0 aromatic heterocycles. The molecule has 0 saturated carbocycles. The first kappa shape index (κ1) is 20.3. The molecule has 0 saturated heterocycles. The Bertz CT molecular complexity index is 1300. The number of aryl methyl sites for hydroxylation is 1. The Labute approximate surface area is 178 Å². The zero-order chi connectivity index (χ0) is 22.2. The van der Waals surface area contributed by atoms with Crippen LogP contribution in [0.25, 0.3) is 0 Å². The van der Waals surface area contributed by atoms with Gasteiger partial charge in [-0.25, -0.2) is 13.2 Å². The van der Waals surface area contributed by atoms with Crippen molar-refractivity contribution in [2.75, 3.05) is 4.72 Å². The predicted octanol–water partition coefficient (Wildman–Crippen LogP) is 3.16. The van der Waals surface area contributed by atoms with Gasteiger partial charge < -0.3 is 4.84 Å². The average molecular weight is 436 g/mol. The summed E-state index contributed by atoms with van der Waals surface area (Å²) in [5, 5.41) is 0.374. The van der Waals surface area contributed by atoms with Gasteiger partial charge in [0, 0.05) is 5.69 Å². The van der Waals surface area contributed by atoms with Crippen LogP contribution in [0.1, 0.15) is 36.6 Å². The van der Waals surface area contributed by atoms with Crippen LogP contribution in [0.2, 0.25) is 0 Å². The molecule has 0 unspecified atom stereocenters. The summed E-state index contributed by atoms with van der Waals surface area (Å²) in [6, 6.07) is 18.0. The molecule has 0 aliphatic carbocycles. The third-order valence-corrected chi connectivity index (χ3v) is 5.96. The number of carbonyl (C=O) groups is 3. The molecule has 1 aliphatic heterocycles. The monoisotopic (exact) mass is 436 g/mol. The molecule has 1 heterocycles. The maximum atomic E-state index is 12.7. The lowest BCUT2D eigenvalue weighted by atomic mass is 10.1. The second kappa shape index (κ2) is 7.69. The summed E-state index contributed by atoms with van der Waals surface area (Å²) in [4.78, 5) is 42.1. The second-order valence-electron chi connectivity index (χ2n) is 6.83. The highest BCUT2D eigenvalue weighted by Gasteiger charge is 2.38. The SMILES string of the molecule is Cc1cccc(NS(=O)(=O)c2cccc(C(=O)ON3C(=O)c4ccccc4C3=O)c2)c1. The summed E-state index contributed by atoms with van der Waals surface area (Å²) in [5.74, 6) is -2.57. The minimum Gasteiger partial charge on any atom is -0.324 e. The third kappa shape index (κ3) is 3.90. The fourth-order valence-electron chi connectivity index (χ4n) is 3.10. The molecule has 0 atom stereocenters. The van der Waals surface area contributed by atoms with Crippen LogP contribution in [0.15, 0.2) is 77.7 Å². The van der Waals surface area contributed by atoms with Gasteiger partial charge in [-0.3, -0.25) is 14.3 Å². The van der Waals surface area contributed by atoms with Crippen molar-refractivity contribution >= 4 is 33.5 Å². The number of hydrogen-bond donors (Lipinski definition) is 1. The molecule has 0 fully saturated rings. The highest BCUT2D eigenvalue weighted by molar-refractivity contribution is 7.92. The van der Waals surface area contributed by atoms with Crippen molar-refractivity contribution in [3.63, 3.8) is 0 Å². The summed E-state index contributed by atoms with van der Waals surface area (Å²) < 4.78 is 27.8. The Morgan fingerprint density at radius 2 is 1.52 bits per heavy atom. The minimum absolute atomic E-state index is 0.124. The van der Waals surface area contributed by atoms with E-state index in [-0.39, 0.29) is 21.6 Å². The van der Waals surface area contributed by atoms with E-state index in [0.717, 1.165) is 11.6 Å². The van der Waals surface area contributed by atoms with Gasteiger partial charge in [0.15, 0.2) is 0 Å². The summed E-state index contributed by atoms with van der Waals surface area (Å²) in [6.45, 7) is 1.83. The van der Waals surface area contributed by atoms with Crippen LogP contribution in [0.5, 0.6) is 0 Å². The van der Waals surface area contributed by atoms with E-state index in [1.807, 2.05) is 13.0 Å². The quantitative estimate of drug-likeness (QED) is 0.615. The van der Waals surface area contributed by atoms with Crippen molar-refractivity contribution in [1.82, 2.24) is 5.06 Å². The molecule has 3 aromatic rings. The molecule has 2 amide bonds. The molecule has 156 valence electrons. The molecular weight excluding hydrogens is 420 g/mol. The normalized spacial score (nSPS) is 13.1. The zero-order valence-corrected chi connectivity index (χ0v) is 17.0. The first-order valence-corrected chi connectivity index (χ1v) is 10.6. The van der Waals surface area contributed by atoms with Crippen molar-refractivity contribution in [3.8, 4) is 0 Å². The highest BCUT2D eigenvalue weighted by Crippen LogP contribution is 2.24. The molecule has 8 nitrogen and oxygen atoms in total. The maximum Gasteiger partial charge on any atom is 0.363 e. The number of benzene rings is 3. The van der Waals surface area contributed by atoms with Crippen LogP contribution < -0.4 is 4.72 Å². The molecule has 0 spiro atoms. The third-order valence-electron chi connectivity index (χ3n) is 4.58. The lowest BCUT2D eigenvalue weighted by molar-refractivity contribution is -0.0584. The zero-order valence-electron chi connectivity index (χ0n) is 16.2. The van der Waals surface area contributed by atoms with Crippen LogP contribution in [-0.4, -0.2) is 31.3 Å². The van der Waals surface area contributed by atoms with Crippen LogP contribution in [0.3, 0.4) is 0 Å². The number of amides is 2. The molecule has 0 radical (unpaired) electrons. The second-order valence-corrected chi connectivity index (χ2v) is 8.51. The molecule has 1 N–H and O–H groups in total. The molecule has 4 rings (SSSR count). The van der Waals surface area contributed by atoms with Crippen molar-refractivity contribution in [2.24, 2.45) is 0 Å². The minimum atomic E-state index is -3.98. The smallest absolute Gasteiger partial charge is 0.324 e. The van der Waals surface area contributed by atoms with E-state index in [2.05, 4.69) is 4.72 Å². The summed E-state index contributed by atoms with van der Waals surface area (Å²) in [6.07, 6.45) is 0. The number of anilines is 1. The fraction of sp³-hybridized carbons (Fsp3) is 0.0455. The largest absolute Gasteiger partial charge is 0.363 e. The van der Waals surface area contributed by atoms with Gasteiger partial charge in [-0.1, -0.05) is 35.4 Å². The Morgan fingerprint density at radius 1 is 0.871 bits per heavy atom. The highest BCUT2D eigenvalue weighted by atomic mass is 32.2. The first-order chi connectivity index (χ1) is 14.8. The van der Waals surface area contributed by atoms with Crippen molar-refractivity contribution in [3.05, 3.63) is 95.1 Å². The van der Waals surface area contributed by atoms with Gasteiger partial charge in [0.1, 0.15) is 0 Å². The molecule has 31 heavy (non-hydrogen) atoms. The molecular formula is C22H16N2O6S. The van der Waals surface area contributed by atoms with E-state index in [1.165, 1.54) is 30.3 Å². The molecule has 1 aliphatic rings. The first-order valence-electron chi connectivity index (χ1n) is 9.16. The Hall–Kier alpha value is -3.98. The average Bonchev–Trinajstić information content (AvgIpc) is 2.99. The van der Waals surface area contributed by atoms with Crippen molar-refractivity contribution in [1.29, 1.82) is 0 Å². The van der Waals surface area contributed by atoms with E-state index in [4.69, 9.17) is 4.84 Å².